The first-order valence-corrected chi connectivity index (χ1v) is 11.4. The van der Waals surface area contributed by atoms with E-state index in [1.54, 1.807) is 24.3 Å². The number of hydrogen-bond donors (Lipinski definition) is 1. The van der Waals surface area contributed by atoms with Gasteiger partial charge in [-0.15, -0.1) is 0 Å². The summed E-state index contributed by atoms with van der Waals surface area (Å²) in [4.78, 5) is 15.1. The molecule has 27 heavy (non-hydrogen) atoms. The normalized spacial score (nSPS) is 26.4. The van der Waals surface area contributed by atoms with Crippen LogP contribution in [0.1, 0.15) is 39.5 Å². The third-order valence-electron chi connectivity index (χ3n) is 6.02. The van der Waals surface area contributed by atoms with Gasteiger partial charge in [-0.05, 0) is 37.8 Å². The second kappa shape index (κ2) is 8.71. The van der Waals surface area contributed by atoms with Crippen molar-refractivity contribution in [3.8, 4) is 0 Å². The maximum atomic E-state index is 12.7. The lowest BCUT2D eigenvalue weighted by atomic mass is 9.86. The minimum Gasteiger partial charge on any atom is -0.352 e. The van der Waals surface area contributed by atoms with E-state index in [2.05, 4.69) is 17.1 Å². The summed E-state index contributed by atoms with van der Waals surface area (Å²) in [5.41, 5.74) is 0. The fraction of sp³-hybridized carbons (Fsp3) is 0.650. The van der Waals surface area contributed by atoms with Crippen LogP contribution in [0.2, 0.25) is 0 Å². The fourth-order valence-electron chi connectivity index (χ4n) is 4.07. The van der Waals surface area contributed by atoms with Gasteiger partial charge in [0.15, 0.2) is 0 Å². The van der Waals surface area contributed by atoms with Crippen molar-refractivity contribution in [3.63, 3.8) is 0 Å². The largest absolute Gasteiger partial charge is 0.352 e. The quantitative estimate of drug-likeness (QED) is 0.832. The van der Waals surface area contributed by atoms with E-state index in [0.29, 0.717) is 37.0 Å². The molecule has 1 N–H and O–H groups in total. The molecule has 1 aromatic rings. The smallest absolute Gasteiger partial charge is 0.243 e. The van der Waals surface area contributed by atoms with E-state index in [0.717, 1.165) is 6.42 Å². The number of nitrogens with zero attached hydrogens (tertiary/aromatic N) is 2. The number of carbonyl (C=O) groups excluding carboxylic acids is 1. The number of hydrogen-bond acceptors (Lipinski definition) is 4. The lowest BCUT2D eigenvalue weighted by Gasteiger charge is -2.38. The highest BCUT2D eigenvalue weighted by atomic mass is 32.2. The zero-order valence-electron chi connectivity index (χ0n) is 16.3. The molecule has 1 saturated heterocycles. The predicted octanol–water partition coefficient (Wildman–Crippen LogP) is 2.08. The number of rotatable bonds is 5. The molecular weight excluding hydrogens is 362 g/mol. The Kier molecular flexibility index (Phi) is 6.55. The number of carbonyl (C=O) groups is 1. The van der Waals surface area contributed by atoms with Crippen LogP contribution in [0, 0.1) is 5.92 Å². The van der Waals surface area contributed by atoms with Crippen molar-refractivity contribution in [2.75, 3.05) is 26.2 Å². The molecule has 2 fully saturated rings. The Balaban J connectivity index is 1.54. The molecule has 1 aliphatic carbocycles. The molecule has 1 saturated carbocycles. The molecule has 0 aromatic heterocycles. The summed E-state index contributed by atoms with van der Waals surface area (Å²) in [5.74, 6) is 0.593. The summed E-state index contributed by atoms with van der Waals surface area (Å²) in [5, 5.41) is 3.22. The number of sulfonamides is 1. The van der Waals surface area contributed by atoms with E-state index in [9.17, 15) is 13.2 Å². The molecule has 1 aliphatic heterocycles. The zero-order chi connectivity index (χ0) is 19.4. The number of amides is 1. The number of piperazine rings is 1. The maximum absolute atomic E-state index is 12.7. The van der Waals surface area contributed by atoms with Gasteiger partial charge < -0.3 is 5.32 Å². The van der Waals surface area contributed by atoms with Crippen LogP contribution in [0.4, 0.5) is 0 Å². The molecule has 0 radical (unpaired) electrons. The van der Waals surface area contributed by atoms with Gasteiger partial charge in [-0.2, -0.15) is 4.31 Å². The van der Waals surface area contributed by atoms with Crippen molar-refractivity contribution in [3.05, 3.63) is 30.3 Å². The Morgan fingerprint density at radius 3 is 2.33 bits per heavy atom. The van der Waals surface area contributed by atoms with E-state index in [4.69, 9.17) is 0 Å². The molecule has 1 amide bonds. The van der Waals surface area contributed by atoms with E-state index >= 15 is 0 Å². The van der Waals surface area contributed by atoms with Gasteiger partial charge in [0.25, 0.3) is 0 Å². The van der Waals surface area contributed by atoms with E-state index in [1.807, 2.05) is 13.0 Å². The Labute approximate surface area is 163 Å². The molecule has 150 valence electrons. The minimum atomic E-state index is -3.46. The molecule has 3 rings (SSSR count). The first-order chi connectivity index (χ1) is 12.9. The maximum Gasteiger partial charge on any atom is 0.243 e. The van der Waals surface area contributed by atoms with Crippen molar-refractivity contribution < 1.29 is 13.2 Å². The van der Waals surface area contributed by atoms with Gasteiger partial charge >= 0.3 is 0 Å². The molecule has 3 atom stereocenters. The summed E-state index contributed by atoms with van der Waals surface area (Å²) < 4.78 is 27.0. The van der Waals surface area contributed by atoms with Gasteiger partial charge in [0.05, 0.1) is 10.9 Å². The third kappa shape index (κ3) is 4.70. The molecule has 1 aromatic carbocycles. The standard InChI is InChI=1S/C20H31N3O3S/c1-16-8-6-7-11-19(16)21-20(24)17(2)22-12-14-23(15-13-22)27(25,26)18-9-4-3-5-10-18/h3-5,9-10,16-17,19H,6-8,11-15H2,1-2H3,(H,21,24). The Morgan fingerprint density at radius 2 is 1.70 bits per heavy atom. The second-order valence-corrected chi connectivity index (χ2v) is 9.74. The van der Waals surface area contributed by atoms with Gasteiger partial charge in [0.1, 0.15) is 0 Å². The molecule has 2 aliphatic rings. The Morgan fingerprint density at radius 1 is 1.07 bits per heavy atom. The molecule has 6 nitrogen and oxygen atoms in total. The lowest BCUT2D eigenvalue weighted by Crippen LogP contribution is -2.56. The Hall–Kier alpha value is -1.44. The van der Waals surface area contributed by atoms with E-state index in [1.165, 1.54) is 23.6 Å². The fourth-order valence-corrected chi connectivity index (χ4v) is 5.52. The van der Waals surface area contributed by atoms with Gasteiger partial charge in [-0.25, -0.2) is 8.42 Å². The first kappa shape index (κ1) is 20.3. The summed E-state index contributed by atoms with van der Waals surface area (Å²) >= 11 is 0. The number of nitrogens with one attached hydrogen (secondary N) is 1. The van der Waals surface area contributed by atoms with Crippen LogP contribution in [0.3, 0.4) is 0 Å². The number of benzene rings is 1. The molecule has 1 heterocycles. The predicted molar refractivity (Wildman–Crippen MR) is 106 cm³/mol. The van der Waals surface area contributed by atoms with Gasteiger partial charge in [0, 0.05) is 32.2 Å². The highest BCUT2D eigenvalue weighted by Gasteiger charge is 2.33. The van der Waals surface area contributed by atoms with Crippen LogP contribution >= 0.6 is 0 Å². The van der Waals surface area contributed by atoms with E-state index in [-0.39, 0.29) is 18.0 Å². The highest BCUT2D eigenvalue weighted by molar-refractivity contribution is 7.89. The average molecular weight is 394 g/mol. The summed E-state index contributed by atoms with van der Waals surface area (Å²) in [6.07, 6.45) is 4.67. The lowest BCUT2D eigenvalue weighted by molar-refractivity contribution is -0.127. The third-order valence-corrected chi connectivity index (χ3v) is 7.93. The van der Waals surface area contributed by atoms with Crippen LogP contribution in [0.5, 0.6) is 0 Å². The van der Waals surface area contributed by atoms with Crippen molar-refractivity contribution in [2.45, 2.75) is 56.5 Å². The van der Waals surface area contributed by atoms with Crippen LogP contribution in [0.25, 0.3) is 0 Å². The SMILES string of the molecule is CC1CCCCC1NC(=O)C(C)N1CCN(S(=O)(=O)c2ccccc2)CC1. The summed E-state index contributed by atoms with van der Waals surface area (Å²) in [6, 6.07) is 8.58. The van der Waals surface area contributed by atoms with Crippen molar-refractivity contribution in [1.82, 2.24) is 14.5 Å². The molecule has 0 bridgehead atoms. The van der Waals surface area contributed by atoms with Crippen molar-refractivity contribution >= 4 is 15.9 Å². The second-order valence-electron chi connectivity index (χ2n) is 7.81. The highest BCUT2D eigenvalue weighted by Crippen LogP contribution is 2.24. The van der Waals surface area contributed by atoms with Gasteiger partial charge in [-0.3, -0.25) is 9.69 Å². The molecule has 7 heteroatoms. The molecular formula is C20H31N3O3S. The Bertz CT molecular complexity index is 730. The molecule has 0 spiro atoms. The van der Waals surface area contributed by atoms with Crippen molar-refractivity contribution in [1.29, 1.82) is 0 Å². The van der Waals surface area contributed by atoms with Crippen LogP contribution < -0.4 is 5.32 Å². The monoisotopic (exact) mass is 393 g/mol. The van der Waals surface area contributed by atoms with Crippen LogP contribution in [-0.4, -0.2) is 61.8 Å². The van der Waals surface area contributed by atoms with Crippen molar-refractivity contribution in [2.24, 2.45) is 5.92 Å². The minimum absolute atomic E-state index is 0.0631. The topological polar surface area (TPSA) is 69.7 Å². The summed E-state index contributed by atoms with van der Waals surface area (Å²) in [6.45, 7) is 6.09. The van der Waals surface area contributed by atoms with Gasteiger partial charge in [0.2, 0.25) is 15.9 Å². The van der Waals surface area contributed by atoms with Crippen LogP contribution in [-0.2, 0) is 14.8 Å². The first-order valence-electron chi connectivity index (χ1n) is 9.99. The average Bonchev–Trinajstić information content (AvgIpc) is 2.70. The zero-order valence-corrected chi connectivity index (χ0v) is 17.1. The van der Waals surface area contributed by atoms with Gasteiger partial charge in [-0.1, -0.05) is 38.0 Å². The van der Waals surface area contributed by atoms with E-state index < -0.39 is 10.0 Å². The molecule has 3 unspecified atom stereocenters. The van der Waals surface area contributed by atoms with Crippen LogP contribution in [0.15, 0.2) is 35.2 Å². The summed E-state index contributed by atoms with van der Waals surface area (Å²) in [7, 11) is -3.46.